The number of pyridine rings is 1. The van der Waals surface area contributed by atoms with Gasteiger partial charge in [-0.25, -0.2) is 4.79 Å². The number of ketones is 1. The highest BCUT2D eigenvalue weighted by molar-refractivity contribution is 5.92. The van der Waals surface area contributed by atoms with Gasteiger partial charge in [-0.2, -0.15) is 0 Å². The van der Waals surface area contributed by atoms with Crippen LogP contribution in [0, 0.1) is 0 Å². The zero-order chi connectivity index (χ0) is 17.6. The number of nitrogens with zero attached hydrogens (tertiary/aromatic N) is 3. The second-order valence-electron chi connectivity index (χ2n) is 5.97. The molecular weight excluding hydrogens is 318 g/mol. The standard InChI is InChI=1S/C19H21N3O3/c1-15(23)18-8-7-17(13-20-18)21-9-11-22(12-10-21)19(24)25-14-16-5-3-2-4-6-16/h2-8,13H,9-12,14H2,1H3. The number of hydrogen-bond acceptors (Lipinski definition) is 5. The van der Waals surface area contributed by atoms with Crippen molar-refractivity contribution in [3.05, 3.63) is 59.9 Å². The van der Waals surface area contributed by atoms with Crippen LogP contribution in [-0.4, -0.2) is 47.9 Å². The molecule has 1 aliphatic heterocycles. The summed E-state index contributed by atoms with van der Waals surface area (Å²) in [4.78, 5) is 31.5. The van der Waals surface area contributed by atoms with Crippen molar-refractivity contribution in [3.63, 3.8) is 0 Å². The lowest BCUT2D eigenvalue weighted by atomic mass is 10.2. The normalized spacial score (nSPS) is 14.3. The second kappa shape index (κ2) is 7.79. The fourth-order valence-corrected chi connectivity index (χ4v) is 2.74. The van der Waals surface area contributed by atoms with E-state index in [2.05, 4.69) is 9.88 Å². The molecule has 2 heterocycles. The van der Waals surface area contributed by atoms with Crippen molar-refractivity contribution in [2.75, 3.05) is 31.1 Å². The minimum absolute atomic E-state index is 0.0440. The number of hydrogen-bond donors (Lipinski definition) is 0. The lowest BCUT2D eigenvalue weighted by molar-refractivity contribution is 0.0941. The van der Waals surface area contributed by atoms with Crippen molar-refractivity contribution >= 4 is 17.6 Å². The number of Topliss-reactive ketones (excluding diaryl/α,β-unsaturated/α-hetero) is 1. The quantitative estimate of drug-likeness (QED) is 0.802. The average Bonchev–Trinajstić information content (AvgIpc) is 2.67. The van der Waals surface area contributed by atoms with Crippen LogP contribution in [0.3, 0.4) is 0 Å². The van der Waals surface area contributed by atoms with Crippen LogP contribution in [0.2, 0.25) is 0 Å². The molecule has 0 spiro atoms. The molecule has 1 aromatic heterocycles. The maximum absolute atomic E-state index is 12.2. The van der Waals surface area contributed by atoms with E-state index in [-0.39, 0.29) is 18.5 Å². The highest BCUT2D eigenvalue weighted by Crippen LogP contribution is 2.16. The molecule has 0 unspecified atom stereocenters. The Morgan fingerprint density at radius 3 is 2.36 bits per heavy atom. The van der Waals surface area contributed by atoms with E-state index in [0.29, 0.717) is 31.9 Å². The third-order valence-electron chi connectivity index (χ3n) is 4.22. The van der Waals surface area contributed by atoms with Gasteiger partial charge < -0.3 is 14.5 Å². The summed E-state index contributed by atoms with van der Waals surface area (Å²) in [5.74, 6) is -0.0440. The molecule has 0 aliphatic carbocycles. The number of anilines is 1. The van der Waals surface area contributed by atoms with Gasteiger partial charge in [0, 0.05) is 33.1 Å². The second-order valence-corrected chi connectivity index (χ2v) is 5.97. The van der Waals surface area contributed by atoms with Gasteiger partial charge in [-0.1, -0.05) is 30.3 Å². The monoisotopic (exact) mass is 339 g/mol. The minimum Gasteiger partial charge on any atom is -0.445 e. The Morgan fingerprint density at radius 1 is 1.04 bits per heavy atom. The first-order valence-corrected chi connectivity index (χ1v) is 8.31. The number of ether oxygens (including phenoxy) is 1. The van der Waals surface area contributed by atoms with E-state index in [1.807, 2.05) is 36.4 Å². The van der Waals surface area contributed by atoms with Crippen LogP contribution in [0.25, 0.3) is 0 Å². The zero-order valence-electron chi connectivity index (χ0n) is 14.2. The molecule has 0 saturated carbocycles. The molecule has 130 valence electrons. The lowest BCUT2D eigenvalue weighted by Gasteiger charge is -2.35. The average molecular weight is 339 g/mol. The third-order valence-corrected chi connectivity index (χ3v) is 4.22. The van der Waals surface area contributed by atoms with Crippen LogP contribution in [0.15, 0.2) is 48.7 Å². The molecule has 1 aromatic carbocycles. The molecule has 1 fully saturated rings. The van der Waals surface area contributed by atoms with Gasteiger partial charge in [-0.15, -0.1) is 0 Å². The smallest absolute Gasteiger partial charge is 0.410 e. The first-order chi connectivity index (χ1) is 12.1. The van der Waals surface area contributed by atoms with E-state index >= 15 is 0 Å². The summed E-state index contributed by atoms with van der Waals surface area (Å²) in [6, 6.07) is 13.3. The Hall–Kier alpha value is -2.89. The maximum Gasteiger partial charge on any atom is 0.410 e. The molecule has 6 heteroatoms. The highest BCUT2D eigenvalue weighted by atomic mass is 16.6. The number of carbonyl (C=O) groups excluding carboxylic acids is 2. The zero-order valence-corrected chi connectivity index (χ0v) is 14.2. The van der Waals surface area contributed by atoms with Gasteiger partial charge in [0.2, 0.25) is 0 Å². The van der Waals surface area contributed by atoms with Crippen molar-refractivity contribution in [2.45, 2.75) is 13.5 Å². The molecule has 3 rings (SSSR count). The van der Waals surface area contributed by atoms with Crippen LogP contribution in [0.1, 0.15) is 23.0 Å². The number of rotatable bonds is 4. The Kier molecular flexibility index (Phi) is 5.28. The lowest BCUT2D eigenvalue weighted by Crippen LogP contribution is -2.49. The molecule has 1 amide bonds. The summed E-state index contributed by atoms with van der Waals surface area (Å²) in [5.41, 5.74) is 2.40. The number of piperazine rings is 1. The van der Waals surface area contributed by atoms with Crippen LogP contribution >= 0.6 is 0 Å². The Bertz CT molecular complexity index is 723. The predicted molar refractivity (Wildman–Crippen MR) is 94.7 cm³/mol. The van der Waals surface area contributed by atoms with Crippen molar-refractivity contribution in [1.82, 2.24) is 9.88 Å². The molecule has 0 atom stereocenters. The Labute approximate surface area is 147 Å². The third kappa shape index (κ3) is 4.35. The van der Waals surface area contributed by atoms with Crippen molar-refractivity contribution in [3.8, 4) is 0 Å². The number of carbonyl (C=O) groups is 2. The van der Waals surface area contributed by atoms with Crippen LogP contribution < -0.4 is 4.90 Å². The van der Waals surface area contributed by atoms with Gasteiger partial charge in [-0.3, -0.25) is 9.78 Å². The number of aromatic nitrogens is 1. The fraction of sp³-hybridized carbons (Fsp3) is 0.316. The minimum atomic E-state index is -0.284. The molecule has 1 saturated heterocycles. The van der Waals surface area contributed by atoms with E-state index in [1.165, 1.54) is 6.92 Å². The summed E-state index contributed by atoms with van der Waals surface area (Å²) in [7, 11) is 0. The molecule has 6 nitrogen and oxygen atoms in total. The van der Waals surface area contributed by atoms with Crippen LogP contribution in [0.5, 0.6) is 0 Å². The Balaban J connectivity index is 1.49. The summed E-state index contributed by atoms with van der Waals surface area (Å²) in [5, 5.41) is 0. The molecule has 25 heavy (non-hydrogen) atoms. The Morgan fingerprint density at radius 2 is 1.76 bits per heavy atom. The summed E-state index contributed by atoms with van der Waals surface area (Å²) in [6.45, 7) is 4.41. The van der Waals surface area contributed by atoms with Crippen molar-refractivity contribution in [1.29, 1.82) is 0 Å². The molecule has 2 aromatic rings. The molecular formula is C19H21N3O3. The van der Waals surface area contributed by atoms with E-state index < -0.39 is 0 Å². The van der Waals surface area contributed by atoms with Crippen molar-refractivity contribution < 1.29 is 14.3 Å². The van der Waals surface area contributed by atoms with Gasteiger partial charge in [0.25, 0.3) is 0 Å². The van der Waals surface area contributed by atoms with E-state index in [0.717, 1.165) is 11.3 Å². The summed E-state index contributed by atoms with van der Waals surface area (Å²) >= 11 is 0. The van der Waals surface area contributed by atoms with Crippen LogP contribution in [-0.2, 0) is 11.3 Å². The van der Waals surface area contributed by atoms with Gasteiger partial charge in [-0.05, 0) is 17.7 Å². The van der Waals surface area contributed by atoms with Gasteiger partial charge in [0.05, 0.1) is 11.9 Å². The molecule has 0 N–H and O–H groups in total. The molecule has 1 aliphatic rings. The molecule has 0 radical (unpaired) electrons. The van der Waals surface area contributed by atoms with E-state index in [4.69, 9.17) is 4.74 Å². The highest BCUT2D eigenvalue weighted by Gasteiger charge is 2.22. The topological polar surface area (TPSA) is 62.7 Å². The van der Waals surface area contributed by atoms with Gasteiger partial charge in [0.1, 0.15) is 12.3 Å². The fourth-order valence-electron chi connectivity index (χ4n) is 2.74. The predicted octanol–water partition coefficient (Wildman–Crippen LogP) is 2.74. The molecule has 0 bridgehead atoms. The van der Waals surface area contributed by atoms with E-state index in [1.54, 1.807) is 17.2 Å². The van der Waals surface area contributed by atoms with Crippen molar-refractivity contribution in [2.24, 2.45) is 0 Å². The first-order valence-electron chi connectivity index (χ1n) is 8.31. The number of amides is 1. The van der Waals surface area contributed by atoms with Crippen LogP contribution in [0.4, 0.5) is 10.5 Å². The number of benzene rings is 1. The van der Waals surface area contributed by atoms with E-state index in [9.17, 15) is 9.59 Å². The van der Waals surface area contributed by atoms with Gasteiger partial charge in [0.15, 0.2) is 5.78 Å². The summed E-state index contributed by atoms with van der Waals surface area (Å²) < 4.78 is 5.37. The summed E-state index contributed by atoms with van der Waals surface area (Å²) in [6.07, 6.45) is 1.42. The SMILES string of the molecule is CC(=O)c1ccc(N2CCN(C(=O)OCc3ccccc3)CC2)cn1. The van der Waals surface area contributed by atoms with Gasteiger partial charge >= 0.3 is 6.09 Å². The first kappa shape index (κ1) is 17.0. The largest absolute Gasteiger partial charge is 0.445 e. The maximum atomic E-state index is 12.2.